The van der Waals surface area contributed by atoms with Crippen molar-refractivity contribution in [2.45, 2.75) is 13.0 Å². The molecule has 3 aromatic rings. The average molecular weight is 328 g/mol. The van der Waals surface area contributed by atoms with Crippen LogP contribution in [0.25, 0.3) is 11.1 Å². The van der Waals surface area contributed by atoms with Gasteiger partial charge in [0.05, 0.1) is 0 Å². The maximum Gasteiger partial charge on any atom is 0.258 e. The van der Waals surface area contributed by atoms with Gasteiger partial charge in [-0.05, 0) is 46.9 Å². The van der Waals surface area contributed by atoms with Crippen LogP contribution in [-0.2, 0) is 13.0 Å². The van der Waals surface area contributed by atoms with Gasteiger partial charge < -0.3 is 10.6 Å². The maximum absolute atomic E-state index is 13.0. The molecule has 25 heavy (non-hydrogen) atoms. The highest BCUT2D eigenvalue weighted by atomic mass is 16.2. The number of nitrogens with zero attached hydrogens (tertiary/aromatic N) is 1. The summed E-state index contributed by atoms with van der Waals surface area (Å²) in [5.41, 5.74) is 12.1. The Morgan fingerprint density at radius 3 is 2.40 bits per heavy atom. The average Bonchev–Trinajstić information content (AvgIpc) is 3.12. The van der Waals surface area contributed by atoms with E-state index in [2.05, 4.69) is 18.2 Å². The Kier molecular flexibility index (Phi) is 4.08. The lowest BCUT2D eigenvalue weighted by molar-refractivity contribution is 0.0989. The highest BCUT2D eigenvalue weighted by Gasteiger charge is 2.27. The first-order valence-corrected chi connectivity index (χ1v) is 8.56. The minimum Gasteiger partial charge on any atom is -0.326 e. The number of hydrogen-bond donors (Lipinski definition) is 1. The third-order valence-corrected chi connectivity index (χ3v) is 4.79. The minimum atomic E-state index is 0.0486. The topological polar surface area (TPSA) is 46.3 Å². The largest absolute Gasteiger partial charge is 0.326 e. The van der Waals surface area contributed by atoms with E-state index < -0.39 is 0 Å². The molecule has 0 atom stereocenters. The third kappa shape index (κ3) is 2.83. The van der Waals surface area contributed by atoms with Crippen LogP contribution < -0.4 is 10.6 Å². The van der Waals surface area contributed by atoms with Crippen molar-refractivity contribution in [3.05, 3.63) is 89.5 Å². The number of benzene rings is 3. The summed E-state index contributed by atoms with van der Waals surface area (Å²) in [7, 11) is 0. The molecule has 0 fully saturated rings. The molecule has 1 aliphatic heterocycles. The van der Waals surface area contributed by atoms with Crippen LogP contribution in [0.15, 0.2) is 72.8 Å². The lowest BCUT2D eigenvalue weighted by Crippen LogP contribution is -2.28. The summed E-state index contributed by atoms with van der Waals surface area (Å²) in [6, 6.07) is 24.1. The monoisotopic (exact) mass is 328 g/mol. The second-order valence-electron chi connectivity index (χ2n) is 6.28. The normalized spacial score (nSPS) is 12.9. The van der Waals surface area contributed by atoms with Gasteiger partial charge >= 0.3 is 0 Å². The molecule has 0 aliphatic carbocycles. The number of anilines is 1. The first-order chi connectivity index (χ1) is 12.3. The number of carbonyl (C=O) groups excluding carboxylic acids is 1. The van der Waals surface area contributed by atoms with Crippen molar-refractivity contribution in [1.82, 2.24) is 0 Å². The SMILES string of the molecule is NCc1ccc(C(=O)N2CCc3c(-c4ccccc4)cccc32)cc1. The number of amides is 1. The van der Waals surface area contributed by atoms with Gasteiger partial charge in [-0.1, -0.05) is 54.6 Å². The molecular formula is C22H20N2O. The van der Waals surface area contributed by atoms with Crippen LogP contribution >= 0.6 is 0 Å². The van der Waals surface area contributed by atoms with Crippen LogP contribution in [-0.4, -0.2) is 12.5 Å². The van der Waals surface area contributed by atoms with E-state index in [9.17, 15) is 4.79 Å². The number of fused-ring (bicyclic) bond motifs is 1. The zero-order valence-corrected chi connectivity index (χ0v) is 14.0. The van der Waals surface area contributed by atoms with Crippen molar-refractivity contribution < 1.29 is 4.79 Å². The number of rotatable bonds is 3. The zero-order valence-electron chi connectivity index (χ0n) is 14.0. The third-order valence-electron chi connectivity index (χ3n) is 4.79. The van der Waals surface area contributed by atoms with Gasteiger partial charge in [-0.25, -0.2) is 0 Å². The Bertz CT molecular complexity index is 901. The first-order valence-electron chi connectivity index (χ1n) is 8.56. The van der Waals surface area contributed by atoms with Gasteiger partial charge in [0.1, 0.15) is 0 Å². The summed E-state index contributed by atoms with van der Waals surface area (Å²) < 4.78 is 0. The molecule has 0 saturated carbocycles. The Hall–Kier alpha value is -2.91. The Labute approximate surface area is 147 Å². The molecule has 1 aliphatic rings. The first kappa shape index (κ1) is 15.6. The van der Waals surface area contributed by atoms with Crippen molar-refractivity contribution in [2.75, 3.05) is 11.4 Å². The van der Waals surface area contributed by atoms with E-state index in [1.807, 2.05) is 59.5 Å². The van der Waals surface area contributed by atoms with Crippen LogP contribution in [0.2, 0.25) is 0 Å². The molecule has 3 nitrogen and oxygen atoms in total. The predicted octanol–water partition coefficient (Wildman–Crippen LogP) is 4.02. The lowest BCUT2D eigenvalue weighted by atomic mass is 9.98. The van der Waals surface area contributed by atoms with Gasteiger partial charge in [-0.3, -0.25) is 4.79 Å². The summed E-state index contributed by atoms with van der Waals surface area (Å²) in [5.74, 6) is 0.0486. The van der Waals surface area contributed by atoms with Crippen molar-refractivity contribution in [1.29, 1.82) is 0 Å². The van der Waals surface area contributed by atoms with Crippen molar-refractivity contribution in [3.8, 4) is 11.1 Å². The van der Waals surface area contributed by atoms with E-state index in [-0.39, 0.29) is 5.91 Å². The highest BCUT2D eigenvalue weighted by molar-refractivity contribution is 6.07. The maximum atomic E-state index is 13.0. The summed E-state index contributed by atoms with van der Waals surface area (Å²) in [6.45, 7) is 1.21. The number of nitrogens with two attached hydrogens (primary N) is 1. The Morgan fingerprint density at radius 2 is 1.68 bits per heavy atom. The molecule has 4 rings (SSSR count). The Balaban J connectivity index is 1.69. The molecule has 1 heterocycles. The Morgan fingerprint density at radius 1 is 0.920 bits per heavy atom. The number of carbonyl (C=O) groups is 1. The molecule has 124 valence electrons. The van der Waals surface area contributed by atoms with Gasteiger partial charge in [0, 0.05) is 24.3 Å². The summed E-state index contributed by atoms with van der Waals surface area (Å²) >= 11 is 0. The predicted molar refractivity (Wildman–Crippen MR) is 102 cm³/mol. The molecule has 0 spiro atoms. The van der Waals surface area contributed by atoms with E-state index in [1.165, 1.54) is 16.7 Å². The van der Waals surface area contributed by atoms with Crippen molar-refractivity contribution in [3.63, 3.8) is 0 Å². The quantitative estimate of drug-likeness (QED) is 0.789. The minimum absolute atomic E-state index is 0.0486. The van der Waals surface area contributed by atoms with Crippen LogP contribution in [0.4, 0.5) is 5.69 Å². The summed E-state index contributed by atoms with van der Waals surface area (Å²) in [6.07, 6.45) is 0.882. The van der Waals surface area contributed by atoms with E-state index in [0.717, 1.165) is 24.2 Å². The van der Waals surface area contributed by atoms with Gasteiger partial charge in [-0.2, -0.15) is 0 Å². The van der Waals surface area contributed by atoms with E-state index in [1.54, 1.807) is 0 Å². The molecule has 3 heteroatoms. The molecule has 1 amide bonds. The van der Waals surface area contributed by atoms with E-state index >= 15 is 0 Å². The summed E-state index contributed by atoms with van der Waals surface area (Å²) in [5, 5.41) is 0. The molecule has 0 bridgehead atoms. The van der Waals surface area contributed by atoms with Crippen molar-refractivity contribution in [2.24, 2.45) is 5.73 Å². The molecule has 0 aromatic heterocycles. The molecule has 0 unspecified atom stereocenters. The van der Waals surface area contributed by atoms with Crippen LogP contribution in [0.5, 0.6) is 0 Å². The molecule has 3 aromatic carbocycles. The smallest absolute Gasteiger partial charge is 0.258 e. The fourth-order valence-corrected chi connectivity index (χ4v) is 3.47. The van der Waals surface area contributed by atoms with Crippen LogP contribution in [0.3, 0.4) is 0 Å². The summed E-state index contributed by atoms with van der Waals surface area (Å²) in [4.78, 5) is 14.8. The molecular weight excluding hydrogens is 308 g/mol. The van der Waals surface area contributed by atoms with Gasteiger partial charge in [0.25, 0.3) is 5.91 Å². The van der Waals surface area contributed by atoms with Gasteiger partial charge in [0.15, 0.2) is 0 Å². The van der Waals surface area contributed by atoms with Gasteiger partial charge in [-0.15, -0.1) is 0 Å². The standard InChI is InChI=1S/C22H20N2O/c23-15-16-9-11-18(12-10-16)22(25)24-14-13-20-19(7-4-8-21(20)24)17-5-2-1-3-6-17/h1-12H,13-15,23H2. The van der Waals surface area contributed by atoms with Crippen molar-refractivity contribution >= 4 is 11.6 Å². The van der Waals surface area contributed by atoms with E-state index in [0.29, 0.717) is 12.1 Å². The number of hydrogen-bond acceptors (Lipinski definition) is 2. The fourth-order valence-electron chi connectivity index (χ4n) is 3.47. The molecule has 2 N–H and O–H groups in total. The van der Waals surface area contributed by atoms with Crippen LogP contribution in [0.1, 0.15) is 21.5 Å². The second-order valence-corrected chi connectivity index (χ2v) is 6.28. The van der Waals surface area contributed by atoms with E-state index in [4.69, 9.17) is 5.73 Å². The van der Waals surface area contributed by atoms with Crippen LogP contribution in [0, 0.1) is 0 Å². The molecule has 0 radical (unpaired) electrons. The molecule has 0 saturated heterocycles. The second kappa shape index (κ2) is 6.54. The highest BCUT2D eigenvalue weighted by Crippen LogP contribution is 2.36. The fraction of sp³-hybridized carbons (Fsp3) is 0.136. The lowest BCUT2D eigenvalue weighted by Gasteiger charge is -2.18. The zero-order chi connectivity index (χ0) is 17.2. The van der Waals surface area contributed by atoms with Gasteiger partial charge in [0.2, 0.25) is 0 Å².